The molecule has 0 aliphatic rings. The molecule has 5 heteroatoms. The molecule has 1 aromatic rings. The third kappa shape index (κ3) is 1.65. The van der Waals surface area contributed by atoms with Crippen molar-refractivity contribution in [2.24, 2.45) is 0 Å². The standard InChI is InChI=1S/C4H3ClIN3/c5-2-1-8-4(7)3(6)9-2/h1H,(H2,7,8). The van der Waals surface area contributed by atoms with Gasteiger partial charge in [0, 0.05) is 0 Å². The third-order valence-electron chi connectivity index (χ3n) is 0.726. The number of anilines is 1. The molecule has 0 unspecified atom stereocenters. The minimum Gasteiger partial charge on any atom is -0.382 e. The molecule has 0 aliphatic carbocycles. The average molecular weight is 255 g/mol. The quantitative estimate of drug-likeness (QED) is 0.711. The Morgan fingerprint density at radius 1 is 1.67 bits per heavy atom. The molecule has 0 spiro atoms. The first kappa shape index (κ1) is 7.01. The van der Waals surface area contributed by atoms with Crippen LogP contribution in [0.5, 0.6) is 0 Å². The molecule has 0 aromatic carbocycles. The van der Waals surface area contributed by atoms with Gasteiger partial charge < -0.3 is 5.73 Å². The molecule has 9 heavy (non-hydrogen) atoms. The largest absolute Gasteiger partial charge is 0.382 e. The van der Waals surface area contributed by atoms with Crippen molar-refractivity contribution in [3.63, 3.8) is 0 Å². The molecule has 0 bridgehead atoms. The first-order valence-electron chi connectivity index (χ1n) is 2.13. The Kier molecular flexibility index (Phi) is 2.07. The second-order valence-corrected chi connectivity index (χ2v) is 2.78. The maximum atomic E-state index is 5.48. The van der Waals surface area contributed by atoms with Crippen LogP contribution >= 0.6 is 34.2 Å². The van der Waals surface area contributed by atoms with E-state index in [1.165, 1.54) is 6.20 Å². The molecule has 1 heterocycles. The zero-order valence-electron chi connectivity index (χ0n) is 4.31. The number of nitrogen functional groups attached to an aromatic ring is 1. The van der Waals surface area contributed by atoms with E-state index < -0.39 is 0 Å². The maximum Gasteiger partial charge on any atom is 0.155 e. The molecule has 0 radical (unpaired) electrons. The normalized spacial score (nSPS) is 9.56. The van der Waals surface area contributed by atoms with Crippen molar-refractivity contribution in [2.75, 3.05) is 5.73 Å². The van der Waals surface area contributed by atoms with E-state index >= 15 is 0 Å². The lowest BCUT2D eigenvalue weighted by Gasteiger charge is -1.93. The third-order valence-corrected chi connectivity index (χ3v) is 1.70. The van der Waals surface area contributed by atoms with Gasteiger partial charge in [0.15, 0.2) is 5.82 Å². The highest BCUT2D eigenvalue weighted by atomic mass is 127. The zero-order chi connectivity index (χ0) is 6.85. The lowest BCUT2D eigenvalue weighted by Crippen LogP contribution is -1.95. The molecule has 3 nitrogen and oxygen atoms in total. The maximum absolute atomic E-state index is 5.48. The summed E-state index contributed by atoms with van der Waals surface area (Å²) in [6, 6.07) is 0. The van der Waals surface area contributed by atoms with E-state index in [0.717, 1.165) is 0 Å². The number of rotatable bonds is 0. The summed E-state index contributed by atoms with van der Waals surface area (Å²) in [6.07, 6.45) is 1.42. The molecule has 1 rings (SSSR count). The second-order valence-electron chi connectivity index (χ2n) is 1.37. The van der Waals surface area contributed by atoms with Crippen LogP contribution < -0.4 is 5.73 Å². The van der Waals surface area contributed by atoms with Crippen LogP contribution in [0.15, 0.2) is 6.20 Å². The van der Waals surface area contributed by atoms with Crippen molar-refractivity contribution in [1.29, 1.82) is 0 Å². The van der Waals surface area contributed by atoms with Gasteiger partial charge in [-0.1, -0.05) is 11.6 Å². The van der Waals surface area contributed by atoms with Crippen LogP contribution in [0.2, 0.25) is 5.15 Å². The van der Waals surface area contributed by atoms with Crippen LogP contribution in [0.3, 0.4) is 0 Å². The summed E-state index contributed by atoms with van der Waals surface area (Å²) in [7, 11) is 0. The van der Waals surface area contributed by atoms with Crippen molar-refractivity contribution in [3.8, 4) is 0 Å². The Balaban J connectivity index is 3.17. The summed E-state index contributed by atoms with van der Waals surface area (Å²) < 4.78 is 0.639. The molecule has 48 valence electrons. The van der Waals surface area contributed by atoms with E-state index in [2.05, 4.69) is 9.97 Å². The van der Waals surface area contributed by atoms with E-state index in [-0.39, 0.29) is 0 Å². The fourth-order valence-electron chi connectivity index (χ4n) is 0.356. The molecule has 2 N–H and O–H groups in total. The van der Waals surface area contributed by atoms with E-state index in [0.29, 0.717) is 14.7 Å². The van der Waals surface area contributed by atoms with Crippen molar-refractivity contribution < 1.29 is 0 Å². The van der Waals surface area contributed by atoms with Gasteiger partial charge in [-0.25, -0.2) is 9.97 Å². The molecule has 0 atom stereocenters. The van der Waals surface area contributed by atoms with Gasteiger partial charge in [0.1, 0.15) is 8.85 Å². The van der Waals surface area contributed by atoms with Crippen LogP contribution in [0.4, 0.5) is 5.82 Å². The Morgan fingerprint density at radius 3 is 2.78 bits per heavy atom. The van der Waals surface area contributed by atoms with Gasteiger partial charge in [0.2, 0.25) is 0 Å². The monoisotopic (exact) mass is 255 g/mol. The lowest BCUT2D eigenvalue weighted by atomic mass is 10.7. The average Bonchev–Trinajstić information content (AvgIpc) is 1.80. The molecule has 0 saturated carbocycles. The minimum atomic E-state index is 0.369. The first-order valence-corrected chi connectivity index (χ1v) is 3.59. The van der Waals surface area contributed by atoms with Gasteiger partial charge in [-0.2, -0.15) is 0 Å². The molecular formula is C4H3ClIN3. The SMILES string of the molecule is Nc1ncc(Cl)nc1I. The number of hydrogen-bond acceptors (Lipinski definition) is 3. The van der Waals surface area contributed by atoms with E-state index in [9.17, 15) is 0 Å². The number of nitrogens with zero attached hydrogens (tertiary/aromatic N) is 2. The Hall–Kier alpha value is -0.100. The molecule has 0 saturated heterocycles. The summed E-state index contributed by atoms with van der Waals surface area (Å²) in [5.41, 5.74) is 5.35. The van der Waals surface area contributed by atoms with Gasteiger partial charge in [-0.15, -0.1) is 0 Å². The van der Waals surface area contributed by atoms with Crippen LogP contribution in [0.25, 0.3) is 0 Å². The number of hydrogen-bond donors (Lipinski definition) is 1. The summed E-state index contributed by atoms with van der Waals surface area (Å²) in [4.78, 5) is 7.59. The topological polar surface area (TPSA) is 51.8 Å². The lowest BCUT2D eigenvalue weighted by molar-refractivity contribution is 1.17. The fraction of sp³-hybridized carbons (Fsp3) is 0. The molecule has 1 aromatic heterocycles. The van der Waals surface area contributed by atoms with E-state index in [4.69, 9.17) is 17.3 Å². The smallest absolute Gasteiger partial charge is 0.155 e. The predicted molar refractivity (Wildman–Crippen MR) is 44.2 cm³/mol. The number of nitrogens with two attached hydrogens (primary N) is 1. The van der Waals surface area contributed by atoms with Crippen LogP contribution in [0.1, 0.15) is 0 Å². The van der Waals surface area contributed by atoms with Gasteiger partial charge in [0.05, 0.1) is 6.20 Å². The zero-order valence-corrected chi connectivity index (χ0v) is 7.22. The molecule has 0 amide bonds. The molecular weight excluding hydrogens is 252 g/mol. The van der Waals surface area contributed by atoms with Gasteiger partial charge >= 0.3 is 0 Å². The summed E-state index contributed by atoms with van der Waals surface area (Å²) in [5, 5.41) is 0.369. The molecule has 0 fully saturated rings. The Labute approximate surface area is 70.8 Å². The first-order chi connectivity index (χ1) is 4.20. The number of halogens is 2. The van der Waals surface area contributed by atoms with E-state index in [1.54, 1.807) is 0 Å². The van der Waals surface area contributed by atoms with E-state index in [1.807, 2.05) is 22.6 Å². The Bertz CT molecular complexity index is 227. The highest BCUT2D eigenvalue weighted by Crippen LogP contribution is 2.10. The van der Waals surface area contributed by atoms with Gasteiger partial charge in [-0.05, 0) is 22.6 Å². The van der Waals surface area contributed by atoms with Crippen LogP contribution in [-0.2, 0) is 0 Å². The number of aromatic nitrogens is 2. The fourth-order valence-corrected chi connectivity index (χ4v) is 1.03. The highest BCUT2D eigenvalue weighted by Gasteiger charge is 1.96. The van der Waals surface area contributed by atoms with Crippen molar-refractivity contribution in [3.05, 3.63) is 15.1 Å². The highest BCUT2D eigenvalue weighted by molar-refractivity contribution is 14.1. The van der Waals surface area contributed by atoms with Crippen LogP contribution in [0, 0.1) is 3.70 Å². The van der Waals surface area contributed by atoms with Gasteiger partial charge in [-0.3, -0.25) is 0 Å². The summed E-state index contributed by atoms with van der Waals surface area (Å²) >= 11 is 7.45. The van der Waals surface area contributed by atoms with Gasteiger partial charge in [0.25, 0.3) is 0 Å². The summed E-state index contributed by atoms with van der Waals surface area (Å²) in [5.74, 6) is 0.417. The van der Waals surface area contributed by atoms with Crippen molar-refractivity contribution in [2.45, 2.75) is 0 Å². The molecule has 0 aliphatic heterocycles. The predicted octanol–water partition coefficient (Wildman–Crippen LogP) is 1.32. The van der Waals surface area contributed by atoms with Crippen LogP contribution in [-0.4, -0.2) is 9.97 Å². The Morgan fingerprint density at radius 2 is 2.33 bits per heavy atom. The van der Waals surface area contributed by atoms with Crippen molar-refractivity contribution in [1.82, 2.24) is 9.97 Å². The second kappa shape index (κ2) is 2.66. The summed E-state index contributed by atoms with van der Waals surface area (Å²) in [6.45, 7) is 0. The minimum absolute atomic E-state index is 0.369. The van der Waals surface area contributed by atoms with Crippen molar-refractivity contribution >= 4 is 40.0 Å².